The van der Waals surface area contributed by atoms with Crippen LogP contribution in [-0.2, 0) is 9.84 Å². The summed E-state index contributed by atoms with van der Waals surface area (Å²) in [6.45, 7) is 3.53. The Morgan fingerprint density at radius 3 is 2.59 bits per heavy atom. The molecule has 0 saturated heterocycles. The van der Waals surface area contributed by atoms with Crippen LogP contribution in [0.1, 0.15) is 32.6 Å². The molecule has 0 heterocycles. The van der Waals surface area contributed by atoms with Crippen molar-refractivity contribution >= 4 is 9.84 Å². The number of aliphatic hydroxyl groups is 1. The molecule has 0 aromatic rings. The van der Waals surface area contributed by atoms with E-state index in [1.165, 1.54) is 6.42 Å². The van der Waals surface area contributed by atoms with Crippen LogP contribution in [0.15, 0.2) is 0 Å². The highest BCUT2D eigenvalue weighted by atomic mass is 32.2. The van der Waals surface area contributed by atoms with Gasteiger partial charge in [0.05, 0.1) is 5.75 Å². The zero-order chi connectivity index (χ0) is 12.7. The fourth-order valence-corrected chi connectivity index (χ4v) is 3.83. The first-order valence-corrected chi connectivity index (χ1v) is 8.43. The molecule has 17 heavy (non-hydrogen) atoms. The van der Waals surface area contributed by atoms with Gasteiger partial charge in [0.2, 0.25) is 0 Å². The summed E-state index contributed by atoms with van der Waals surface area (Å²) in [5.41, 5.74) is 0. The molecule has 2 N–H and O–H groups in total. The molecule has 1 saturated carbocycles. The summed E-state index contributed by atoms with van der Waals surface area (Å²) in [7, 11) is -2.86. The van der Waals surface area contributed by atoms with Gasteiger partial charge in [-0.15, -0.1) is 0 Å². The Kier molecular flexibility index (Phi) is 6.44. The topological polar surface area (TPSA) is 66.4 Å². The summed E-state index contributed by atoms with van der Waals surface area (Å²) in [4.78, 5) is 0. The summed E-state index contributed by atoms with van der Waals surface area (Å²) >= 11 is 0. The van der Waals surface area contributed by atoms with Crippen molar-refractivity contribution in [3.05, 3.63) is 0 Å². The largest absolute Gasteiger partial charge is 0.396 e. The number of hydrogen-bond acceptors (Lipinski definition) is 4. The van der Waals surface area contributed by atoms with Gasteiger partial charge in [0.1, 0.15) is 0 Å². The maximum Gasteiger partial charge on any atom is 0.151 e. The summed E-state index contributed by atoms with van der Waals surface area (Å²) in [5, 5.41) is 12.4. The fraction of sp³-hybridized carbons (Fsp3) is 1.00. The molecule has 0 aromatic carbocycles. The number of rotatable bonds is 8. The summed E-state index contributed by atoms with van der Waals surface area (Å²) in [6.07, 6.45) is 4.14. The molecule has 1 aliphatic carbocycles. The zero-order valence-electron chi connectivity index (χ0n) is 10.7. The minimum Gasteiger partial charge on any atom is -0.396 e. The van der Waals surface area contributed by atoms with E-state index in [0.717, 1.165) is 19.4 Å². The molecular weight excluding hydrogens is 238 g/mol. The van der Waals surface area contributed by atoms with Gasteiger partial charge in [0, 0.05) is 18.9 Å². The molecule has 1 rings (SSSR count). The summed E-state index contributed by atoms with van der Waals surface area (Å²) in [5.74, 6) is 1.46. The maximum atomic E-state index is 11.5. The summed E-state index contributed by atoms with van der Waals surface area (Å²) in [6, 6.07) is 0. The smallest absolute Gasteiger partial charge is 0.151 e. The van der Waals surface area contributed by atoms with E-state index >= 15 is 0 Å². The lowest BCUT2D eigenvalue weighted by atomic mass is 9.97. The predicted molar refractivity (Wildman–Crippen MR) is 69.7 cm³/mol. The van der Waals surface area contributed by atoms with Crippen molar-refractivity contribution in [3.63, 3.8) is 0 Å². The lowest BCUT2D eigenvalue weighted by Gasteiger charge is -2.17. The highest BCUT2D eigenvalue weighted by Crippen LogP contribution is 2.30. The van der Waals surface area contributed by atoms with Crippen molar-refractivity contribution in [2.75, 3.05) is 31.2 Å². The van der Waals surface area contributed by atoms with Gasteiger partial charge >= 0.3 is 0 Å². The molecule has 0 aliphatic heterocycles. The van der Waals surface area contributed by atoms with Gasteiger partial charge in [-0.2, -0.15) is 0 Å². The molecule has 4 nitrogen and oxygen atoms in total. The van der Waals surface area contributed by atoms with Crippen molar-refractivity contribution in [3.8, 4) is 0 Å². The highest BCUT2D eigenvalue weighted by molar-refractivity contribution is 7.91. The average molecular weight is 263 g/mol. The van der Waals surface area contributed by atoms with Crippen LogP contribution in [0, 0.1) is 11.8 Å². The van der Waals surface area contributed by atoms with Crippen molar-refractivity contribution in [2.24, 2.45) is 11.8 Å². The van der Waals surface area contributed by atoms with E-state index < -0.39 is 9.84 Å². The Balaban J connectivity index is 2.16. The van der Waals surface area contributed by atoms with Crippen molar-refractivity contribution in [1.29, 1.82) is 0 Å². The third-order valence-corrected chi connectivity index (χ3v) is 5.42. The van der Waals surface area contributed by atoms with Crippen LogP contribution in [0.3, 0.4) is 0 Å². The monoisotopic (exact) mass is 263 g/mol. The van der Waals surface area contributed by atoms with Crippen molar-refractivity contribution in [2.45, 2.75) is 32.6 Å². The SMILES string of the molecule is CCCS(=O)(=O)CCNCC1CCCC1CO. The first-order chi connectivity index (χ1) is 8.09. The van der Waals surface area contributed by atoms with Crippen molar-refractivity contribution < 1.29 is 13.5 Å². The molecule has 0 radical (unpaired) electrons. The van der Waals surface area contributed by atoms with Crippen LogP contribution >= 0.6 is 0 Å². The Labute approximate surface area is 105 Å². The number of aliphatic hydroxyl groups excluding tert-OH is 1. The van der Waals surface area contributed by atoms with E-state index in [4.69, 9.17) is 5.11 Å². The van der Waals surface area contributed by atoms with E-state index in [9.17, 15) is 8.42 Å². The van der Waals surface area contributed by atoms with Gasteiger partial charge in [0.15, 0.2) is 9.84 Å². The minimum absolute atomic E-state index is 0.233. The van der Waals surface area contributed by atoms with Crippen LogP contribution in [0.5, 0.6) is 0 Å². The first-order valence-electron chi connectivity index (χ1n) is 6.61. The first kappa shape index (κ1) is 14.9. The molecule has 1 aliphatic rings. The van der Waals surface area contributed by atoms with Gasteiger partial charge < -0.3 is 10.4 Å². The molecular formula is C12H25NO3S. The number of nitrogens with one attached hydrogen (secondary N) is 1. The standard InChI is InChI=1S/C12H25NO3S/c1-2-7-17(15,16)8-6-13-9-11-4-3-5-12(11)10-14/h11-14H,2-10H2,1H3. The van der Waals surface area contributed by atoms with Crippen LogP contribution in [0.4, 0.5) is 0 Å². The van der Waals surface area contributed by atoms with Gasteiger partial charge in [-0.05, 0) is 37.6 Å². The maximum absolute atomic E-state index is 11.5. The molecule has 5 heteroatoms. The van der Waals surface area contributed by atoms with Crippen LogP contribution in [-0.4, -0.2) is 44.7 Å². The molecule has 0 spiro atoms. The minimum atomic E-state index is -2.86. The van der Waals surface area contributed by atoms with E-state index in [-0.39, 0.29) is 18.1 Å². The zero-order valence-corrected chi connectivity index (χ0v) is 11.5. The Morgan fingerprint density at radius 1 is 1.24 bits per heavy atom. The molecule has 0 aromatic heterocycles. The molecule has 1 fully saturated rings. The average Bonchev–Trinajstić information content (AvgIpc) is 2.71. The van der Waals surface area contributed by atoms with E-state index in [1.807, 2.05) is 6.92 Å². The molecule has 0 bridgehead atoms. The van der Waals surface area contributed by atoms with E-state index in [1.54, 1.807) is 0 Å². The Hall–Kier alpha value is -0.130. The normalized spacial score (nSPS) is 25.3. The Bertz CT molecular complexity index is 303. The van der Waals surface area contributed by atoms with Crippen molar-refractivity contribution in [1.82, 2.24) is 5.32 Å². The van der Waals surface area contributed by atoms with Gasteiger partial charge in [-0.25, -0.2) is 8.42 Å². The second-order valence-corrected chi connectivity index (χ2v) is 7.29. The quantitative estimate of drug-likeness (QED) is 0.636. The van der Waals surface area contributed by atoms with Crippen LogP contribution < -0.4 is 5.32 Å². The van der Waals surface area contributed by atoms with Gasteiger partial charge in [0.25, 0.3) is 0 Å². The van der Waals surface area contributed by atoms with E-state index in [2.05, 4.69) is 5.32 Å². The lowest BCUT2D eigenvalue weighted by Crippen LogP contribution is -2.31. The third-order valence-electron chi connectivity index (χ3n) is 3.56. The fourth-order valence-electron chi connectivity index (χ4n) is 2.55. The molecule has 102 valence electrons. The molecule has 0 amide bonds. The Morgan fingerprint density at radius 2 is 1.94 bits per heavy atom. The molecule has 2 atom stereocenters. The summed E-state index contributed by atoms with van der Waals surface area (Å²) < 4.78 is 22.9. The lowest BCUT2D eigenvalue weighted by molar-refractivity contribution is 0.193. The number of sulfone groups is 1. The third kappa shape index (κ3) is 5.36. The highest BCUT2D eigenvalue weighted by Gasteiger charge is 2.25. The second kappa shape index (κ2) is 7.34. The van der Waals surface area contributed by atoms with Crippen LogP contribution in [0.2, 0.25) is 0 Å². The van der Waals surface area contributed by atoms with Gasteiger partial charge in [-0.3, -0.25) is 0 Å². The van der Waals surface area contributed by atoms with Crippen LogP contribution in [0.25, 0.3) is 0 Å². The molecule has 2 unspecified atom stereocenters. The predicted octanol–water partition coefficient (Wildman–Crippen LogP) is 0.809. The number of hydrogen-bond donors (Lipinski definition) is 2. The second-order valence-electron chi connectivity index (χ2n) is 4.99. The van der Waals surface area contributed by atoms with Gasteiger partial charge in [-0.1, -0.05) is 13.3 Å². The van der Waals surface area contributed by atoms with E-state index in [0.29, 0.717) is 24.8 Å².